The van der Waals surface area contributed by atoms with Crippen LogP contribution in [0.15, 0.2) is 42.5 Å². The monoisotopic (exact) mass is 235 g/mol. The molecule has 0 atom stereocenters. The van der Waals surface area contributed by atoms with E-state index in [0.717, 1.165) is 5.56 Å². The average Bonchev–Trinajstić information content (AvgIpc) is 2.44. The van der Waals surface area contributed by atoms with E-state index < -0.39 is 0 Å². The van der Waals surface area contributed by atoms with Crippen molar-refractivity contribution in [2.75, 3.05) is 0 Å². The normalized spacial score (nSPS) is 13.2. The maximum Gasteiger partial charge on any atom is 0.194 e. The Labute approximate surface area is 105 Å². The molecule has 0 saturated carbocycles. The number of hydrogen-bond donors (Lipinski definition) is 0. The summed E-state index contributed by atoms with van der Waals surface area (Å²) in [5.41, 5.74) is 2.85. The van der Waals surface area contributed by atoms with Crippen molar-refractivity contribution in [3.63, 3.8) is 0 Å². The summed E-state index contributed by atoms with van der Waals surface area (Å²) in [5.74, 6) is -0.144. The van der Waals surface area contributed by atoms with E-state index in [1.165, 1.54) is 0 Å². The highest BCUT2D eigenvalue weighted by Gasteiger charge is 2.30. The van der Waals surface area contributed by atoms with Crippen LogP contribution in [0, 0.1) is 6.92 Å². The molecule has 3 rings (SSSR count). The van der Waals surface area contributed by atoms with E-state index >= 15 is 0 Å². The molecule has 18 heavy (non-hydrogen) atoms. The smallest absolute Gasteiger partial charge is 0.194 e. The molecule has 2 heteroatoms. The Morgan fingerprint density at radius 3 is 2.06 bits per heavy atom. The second-order valence-electron chi connectivity index (χ2n) is 4.29. The summed E-state index contributed by atoms with van der Waals surface area (Å²) in [6, 6.07) is 12.3. The van der Waals surface area contributed by atoms with Gasteiger partial charge in [0, 0.05) is 22.3 Å². The molecule has 0 unspecified atom stereocenters. The number of rotatable bonds is 1. The van der Waals surface area contributed by atoms with Crippen LogP contribution >= 0.6 is 0 Å². The van der Waals surface area contributed by atoms with E-state index in [9.17, 15) is 9.59 Å². The summed E-state index contributed by atoms with van der Waals surface area (Å²) in [6.07, 6.45) is 0.504. The van der Waals surface area contributed by atoms with Crippen molar-refractivity contribution < 1.29 is 9.59 Å². The van der Waals surface area contributed by atoms with E-state index in [1.54, 1.807) is 36.4 Å². The molecular weight excluding hydrogens is 224 g/mol. The van der Waals surface area contributed by atoms with Gasteiger partial charge in [0.25, 0.3) is 0 Å². The fourth-order valence-electron chi connectivity index (χ4n) is 2.42. The Balaban J connectivity index is 2.34. The van der Waals surface area contributed by atoms with Gasteiger partial charge in [-0.2, -0.15) is 0 Å². The summed E-state index contributed by atoms with van der Waals surface area (Å²) < 4.78 is 0. The Hall–Kier alpha value is -2.22. The van der Waals surface area contributed by atoms with E-state index in [-0.39, 0.29) is 11.6 Å². The molecule has 2 aromatic rings. The molecule has 87 valence electrons. The van der Waals surface area contributed by atoms with Crippen LogP contribution in [0.5, 0.6) is 0 Å². The number of carbonyl (C=O) groups excluding carboxylic acids is 2. The van der Waals surface area contributed by atoms with Gasteiger partial charge in [0.15, 0.2) is 11.6 Å². The van der Waals surface area contributed by atoms with Crippen LogP contribution in [-0.4, -0.2) is 11.6 Å². The molecule has 0 amide bonds. The first-order valence-corrected chi connectivity index (χ1v) is 5.83. The Kier molecular flexibility index (Phi) is 2.37. The van der Waals surface area contributed by atoms with Gasteiger partial charge < -0.3 is 0 Å². The van der Waals surface area contributed by atoms with Crippen LogP contribution in [-0.2, 0) is 6.42 Å². The van der Waals surface area contributed by atoms with Crippen molar-refractivity contribution in [1.29, 1.82) is 0 Å². The molecule has 0 heterocycles. The minimum atomic E-state index is -0.0736. The molecule has 0 bridgehead atoms. The van der Waals surface area contributed by atoms with Crippen molar-refractivity contribution in [2.24, 2.45) is 0 Å². The lowest BCUT2D eigenvalue weighted by Gasteiger charge is -2.19. The maximum atomic E-state index is 12.5. The van der Waals surface area contributed by atoms with Crippen LogP contribution in [0.2, 0.25) is 0 Å². The van der Waals surface area contributed by atoms with Gasteiger partial charge >= 0.3 is 0 Å². The largest absolute Gasteiger partial charge is 0.289 e. The molecule has 0 spiro atoms. The molecule has 0 aliphatic heterocycles. The van der Waals surface area contributed by atoms with Gasteiger partial charge in [-0.15, -0.1) is 0 Å². The highest BCUT2D eigenvalue weighted by atomic mass is 16.1. The number of benzene rings is 2. The summed E-state index contributed by atoms with van der Waals surface area (Å²) in [7, 11) is 0. The molecule has 2 nitrogen and oxygen atoms in total. The molecular formula is C16H11O2. The lowest BCUT2D eigenvalue weighted by molar-refractivity contribution is 0.0978. The highest BCUT2D eigenvalue weighted by molar-refractivity contribution is 6.28. The molecule has 1 radical (unpaired) electrons. The van der Waals surface area contributed by atoms with Crippen LogP contribution in [0.3, 0.4) is 0 Å². The Morgan fingerprint density at radius 2 is 1.39 bits per heavy atom. The standard InChI is InChI=1S/C16H11O2/c1-2-10-6-5-9-13-14(10)16(18)12-8-4-3-7-11(12)15(13)17/h3-9H,1-2H2. The molecule has 0 saturated heterocycles. The van der Waals surface area contributed by atoms with Gasteiger partial charge in [-0.3, -0.25) is 9.59 Å². The molecule has 1 aliphatic carbocycles. The Morgan fingerprint density at radius 1 is 0.778 bits per heavy atom. The van der Waals surface area contributed by atoms with Crippen molar-refractivity contribution in [2.45, 2.75) is 6.42 Å². The average molecular weight is 235 g/mol. The molecule has 0 fully saturated rings. The van der Waals surface area contributed by atoms with E-state index in [0.29, 0.717) is 28.7 Å². The van der Waals surface area contributed by atoms with Crippen molar-refractivity contribution >= 4 is 11.6 Å². The van der Waals surface area contributed by atoms with Crippen molar-refractivity contribution in [3.05, 3.63) is 77.2 Å². The third-order valence-electron chi connectivity index (χ3n) is 3.31. The van der Waals surface area contributed by atoms with Gasteiger partial charge in [0.05, 0.1) is 0 Å². The molecule has 0 aromatic heterocycles. The first-order valence-electron chi connectivity index (χ1n) is 5.83. The molecule has 2 aromatic carbocycles. The number of ketones is 2. The summed E-state index contributed by atoms with van der Waals surface area (Å²) in [5, 5.41) is 0. The van der Waals surface area contributed by atoms with Gasteiger partial charge in [-0.05, 0) is 18.9 Å². The van der Waals surface area contributed by atoms with E-state index in [2.05, 4.69) is 6.92 Å². The summed E-state index contributed by atoms with van der Waals surface area (Å²) in [6.45, 7) is 3.82. The first kappa shape index (κ1) is 10.9. The zero-order valence-electron chi connectivity index (χ0n) is 9.77. The topological polar surface area (TPSA) is 34.1 Å². The van der Waals surface area contributed by atoms with Gasteiger partial charge in [-0.25, -0.2) is 0 Å². The lowest BCUT2D eigenvalue weighted by Crippen LogP contribution is -2.22. The maximum absolute atomic E-state index is 12.5. The summed E-state index contributed by atoms with van der Waals surface area (Å²) >= 11 is 0. The number of carbonyl (C=O) groups is 2. The van der Waals surface area contributed by atoms with Gasteiger partial charge in [-0.1, -0.05) is 42.5 Å². The first-order chi connectivity index (χ1) is 8.74. The Bertz CT molecular complexity index is 669. The minimum absolute atomic E-state index is 0.0700. The van der Waals surface area contributed by atoms with Gasteiger partial charge in [0.2, 0.25) is 0 Å². The van der Waals surface area contributed by atoms with E-state index in [4.69, 9.17) is 0 Å². The fourth-order valence-corrected chi connectivity index (χ4v) is 2.42. The minimum Gasteiger partial charge on any atom is -0.289 e. The van der Waals surface area contributed by atoms with Crippen LogP contribution in [0.1, 0.15) is 37.4 Å². The number of fused-ring (bicyclic) bond motifs is 2. The van der Waals surface area contributed by atoms with Gasteiger partial charge in [0.1, 0.15) is 0 Å². The zero-order valence-corrected chi connectivity index (χ0v) is 9.77. The zero-order chi connectivity index (χ0) is 12.7. The second kappa shape index (κ2) is 3.91. The van der Waals surface area contributed by atoms with Crippen LogP contribution in [0.4, 0.5) is 0 Å². The van der Waals surface area contributed by atoms with Crippen molar-refractivity contribution in [1.82, 2.24) is 0 Å². The second-order valence-corrected chi connectivity index (χ2v) is 4.29. The van der Waals surface area contributed by atoms with E-state index in [1.807, 2.05) is 6.07 Å². The predicted octanol–water partition coefficient (Wildman–Crippen LogP) is 2.84. The van der Waals surface area contributed by atoms with Crippen LogP contribution < -0.4 is 0 Å². The summed E-state index contributed by atoms with van der Waals surface area (Å²) in [4.78, 5) is 24.8. The lowest BCUT2D eigenvalue weighted by atomic mass is 9.81. The quantitative estimate of drug-likeness (QED) is 0.650. The van der Waals surface area contributed by atoms with Crippen LogP contribution in [0.25, 0.3) is 0 Å². The highest BCUT2D eigenvalue weighted by Crippen LogP contribution is 2.29. The SMILES string of the molecule is [CH2]Cc1cccc2c1C(=O)c1ccccc1C2=O. The third-order valence-corrected chi connectivity index (χ3v) is 3.31. The molecule has 0 N–H and O–H groups in total. The third kappa shape index (κ3) is 1.35. The van der Waals surface area contributed by atoms with Crippen molar-refractivity contribution in [3.8, 4) is 0 Å². The molecule has 1 aliphatic rings. The fraction of sp³-hybridized carbons (Fsp3) is 0.0625. The predicted molar refractivity (Wildman–Crippen MR) is 68.8 cm³/mol. The number of hydrogen-bond acceptors (Lipinski definition) is 2.